The van der Waals surface area contributed by atoms with Gasteiger partial charge in [0.2, 0.25) is 0 Å². The molecule has 138 valence electrons. The third kappa shape index (κ3) is 4.11. The number of rotatable bonds is 7. The van der Waals surface area contributed by atoms with Crippen molar-refractivity contribution in [2.24, 2.45) is 0 Å². The van der Waals surface area contributed by atoms with Gasteiger partial charge >= 0.3 is 0 Å². The van der Waals surface area contributed by atoms with Gasteiger partial charge in [-0.2, -0.15) is 0 Å². The SMILES string of the molecule is COc1ccc(C(CNc2ncc([N+](=O)[O-])cc2C)N2CCCC2)cc1. The van der Waals surface area contributed by atoms with Crippen LogP contribution in [-0.2, 0) is 0 Å². The molecule has 7 heteroatoms. The first-order valence-corrected chi connectivity index (χ1v) is 8.81. The topological polar surface area (TPSA) is 80.5 Å². The number of benzene rings is 1. The summed E-state index contributed by atoms with van der Waals surface area (Å²) in [5, 5.41) is 14.2. The number of aromatic nitrogens is 1. The number of anilines is 1. The summed E-state index contributed by atoms with van der Waals surface area (Å²) in [6, 6.07) is 9.92. The highest BCUT2D eigenvalue weighted by Gasteiger charge is 2.24. The number of nitro groups is 1. The van der Waals surface area contributed by atoms with Gasteiger partial charge in [0.15, 0.2) is 0 Å². The molecule has 7 nitrogen and oxygen atoms in total. The number of methoxy groups -OCH3 is 1. The van der Waals surface area contributed by atoms with E-state index >= 15 is 0 Å². The first kappa shape index (κ1) is 18.1. The van der Waals surface area contributed by atoms with Gasteiger partial charge in [0.25, 0.3) is 5.69 Å². The maximum absolute atomic E-state index is 10.9. The minimum Gasteiger partial charge on any atom is -0.497 e. The van der Waals surface area contributed by atoms with Crippen LogP contribution in [0.3, 0.4) is 0 Å². The van der Waals surface area contributed by atoms with Crippen molar-refractivity contribution in [1.82, 2.24) is 9.88 Å². The van der Waals surface area contributed by atoms with Gasteiger partial charge in [-0.15, -0.1) is 0 Å². The standard InChI is InChI=1S/C19H24N4O3/c1-14-11-16(23(24)25)12-20-19(14)21-13-18(22-9-3-4-10-22)15-5-7-17(26-2)8-6-15/h5-8,11-12,18H,3-4,9-10,13H2,1-2H3,(H,20,21). The van der Waals surface area contributed by atoms with E-state index in [1.165, 1.54) is 24.6 Å². The van der Waals surface area contributed by atoms with Gasteiger partial charge in [0.05, 0.1) is 18.1 Å². The average Bonchev–Trinajstić information content (AvgIpc) is 3.18. The second kappa shape index (κ2) is 8.14. The molecule has 0 amide bonds. The van der Waals surface area contributed by atoms with E-state index in [-0.39, 0.29) is 11.7 Å². The third-order valence-corrected chi connectivity index (χ3v) is 4.82. The highest BCUT2D eigenvalue weighted by atomic mass is 16.6. The van der Waals surface area contributed by atoms with Crippen molar-refractivity contribution in [2.75, 3.05) is 32.1 Å². The molecule has 0 radical (unpaired) electrons. The summed E-state index contributed by atoms with van der Waals surface area (Å²) in [7, 11) is 1.66. The van der Waals surface area contributed by atoms with E-state index in [2.05, 4.69) is 27.3 Å². The molecule has 0 aliphatic carbocycles. The van der Waals surface area contributed by atoms with Gasteiger partial charge in [-0.3, -0.25) is 15.0 Å². The average molecular weight is 356 g/mol. The van der Waals surface area contributed by atoms with Crippen LogP contribution in [0, 0.1) is 17.0 Å². The van der Waals surface area contributed by atoms with Crippen molar-refractivity contribution in [3.63, 3.8) is 0 Å². The van der Waals surface area contributed by atoms with Crippen molar-refractivity contribution < 1.29 is 9.66 Å². The predicted octanol–water partition coefficient (Wildman–Crippen LogP) is 3.56. The van der Waals surface area contributed by atoms with Crippen molar-refractivity contribution >= 4 is 11.5 Å². The van der Waals surface area contributed by atoms with Crippen LogP contribution in [0.1, 0.15) is 30.0 Å². The maximum atomic E-state index is 10.9. The fourth-order valence-electron chi connectivity index (χ4n) is 3.38. The Kier molecular flexibility index (Phi) is 5.68. The molecule has 1 aliphatic heterocycles. The van der Waals surface area contributed by atoms with E-state index in [1.807, 2.05) is 19.1 Å². The first-order valence-electron chi connectivity index (χ1n) is 8.81. The maximum Gasteiger partial charge on any atom is 0.287 e. The van der Waals surface area contributed by atoms with Gasteiger partial charge in [0.1, 0.15) is 17.8 Å². The largest absolute Gasteiger partial charge is 0.497 e. The Bertz CT molecular complexity index is 758. The van der Waals surface area contributed by atoms with Crippen LogP contribution in [0.15, 0.2) is 36.5 Å². The molecule has 2 aromatic rings. The van der Waals surface area contributed by atoms with Gasteiger partial charge in [-0.25, -0.2) is 4.98 Å². The van der Waals surface area contributed by atoms with Crippen LogP contribution in [0.4, 0.5) is 11.5 Å². The normalized spacial score (nSPS) is 15.6. The second-order valence-electron chi connectivity index (χ2n) is 6.53. The molecule has 0 spiro atoms. The minimum atomic E-state index is -0.422. The Morgan fingerprint density at radius 1 is 1.31 bits per heavy atom. The van der Waals surface area contributed by atoms with Crippen molar-refractivity contribution in [3.8, 4) is 5.75 Å². The highest BCUT2D eigenvalue weighted by Crippen LogP contribution is 2.27. The molecular weight excluding hydrogens is 332 g/mol. The molecule has 0 bridgehead atoms. The van der Waals surface area contributed by atoms with E-state index < -0.39 is 4.92 Å². The van der Waals surface area contributed by atoms with Crippen LogP contribution in [0.2, 0.25) is 0 Å². The number of ether oxygens (including phenoxy) is 1. The zero-order valence-electron chi connectivity index (χ0n) is 15.1. The summed E-state index contributed by atoms with van der Waals surface area (Å²) in [5.41, 5.74) is 2.01. The Hall–Kier alpha value is -2.67. The van der Waals surface area contributed by atoms with Gasteiger partial charge in [0, 0.05) is 12.6 Å². The molecule has 1 atom stereocenters. The number of nitrogens with zero attached hydrogens (tertiary/aromatic N) is 3. The molecule has 2 heterocycles. The first-order chi connectivity index (χ1) is 12.6. The van der Waals surface area contributed by atoms with Gasteiger partial charge in [-0.1, -0.05) is 12.1 Å². The number of likely N-dealkylation sites (tertiary alicyclic amines) is 1. The predicted molar refractivity (Wildman–Crippen MR) is 101 cm³/mol. The van der Waals surface area contributed by atoms with Crippen LogP contribution >= 0.6 is 0 Å². The molecule has 1 aromatic carbocycles. The number of nitrogens with one attached hydrogen (secondary N) is 1. The Labute approximate surface area is 153 Å². The third-order valence-electron chi connectivity index (χ3n) is 4.82. The fraction of sp³-hybridized carbons (Fsp3) is 0.421. The van der Waals surface area contributed by atoms with Crippen LogP contribution in [-0.4, -0.2) is 41.6 Å². The molecule has 1 fully saturated rings. The van der Waals surface area contributed by atoms with E-state index in [0.717, 1.165) is 24.4 Å². The van der Waals surface area contributed by atoms with E-state index in [9.17, 15) is 10.1 Å². The van der Waals surface area contributed by atoms with Crippen molar-refractivity contribution in [3.05, 3.63) is 57.8 Å². The lowest BCUT2D eigenvalue weighted by Crippen LogP contribution is -2.31. The molecule has 1 N–H and O–H groups in total. The lowest BCUT2D eigenvalue weighted by atomic mass is 10.1. The van der Waals surface area contributed by atoms with Crippen LogP contribution < -0.4 is 10.1 Å². The summed E-state index contributed by atoms with van der Waals surface area (Å²) in [6.07, 6.45) is 3.72. The van der Waals surface area contributed by atoms with Crippen molar-refractivity contribution in [1.29, 1.82) is 0 Å². The molecule has 0 saturated carbocycles. The molecule has 1 aliphatic rings. The molecule has 1 aromatic heterocycles. The van der Waals surface area contributed by atoms with Gasteiger partial charge in [-0.05, 0) is 56.1 Å². The van der Waals surface area contributed by atoms with Gasteiger partial charge < -0.3 is 10.1 Å². The summed E-state index contributed by atoms with van der Waals surface area (Å²) in [5.74, 6) is 1.53. The van der Waals surface area contributed by atoms with E-state index in [0.29, 0.717) is 12.4 Å². The monoisotopic (exact) mass is 356 g/mol. The Morgan fingerprint density at radius 2 is 2.00 bits per heavy atom. The molecular formula is C19H24N4O3. The fourth-order valence-corrected chi connectivity index (χ4v) is 3.38. The Balaban J connectivity index is 1.76. The highest BCUT2D eigenvalue weighted by molar-refractivity contribution is 5.48. The number of hydrogen-bond acceptors (Lipinski definition) is 6. The number of hydrogen-bond donors (Lipinski definition) is 1. The minimum absolute atomic E-state index is 0.0132. The molecule has 26 heavy (non-hydrogen) atoms. The van der Waals surface area contributed by atoms with E-state index in [4.69, 9.17) is 4.74 Å². The second-order valence-corrected chi connectivity index (χ2v) is 6.53. The smallest absolute Gasteiger partial charge is 0.287 e. The zero-order valence-corrected chi connectivity index (χ0v) is 15.1. The quantitative estimate of drug-likeness (QED) is 0.603. The molecule has 1 saturated heterocycles. The van der Waals surface area contributed by atoms with Crippen molar-refractivity contribution in [2.45, 2.75) is 25.8 Å². The lowest BCUT2D eigenvalue weighted by molar-refractivity contribution is -0.385. The number of aryl methyl sites for hydroxylation is 1. The summed E-state index contributed by atoms with van der Waals surface area (Å²) in [6.45, 7) is 4.68. The summed E-state index contributed by atoms with van der Waals surface area (Å²) >= 11 is 0. The van der Waals surface area contributed by atoms with E-state index in [1.54, 1.807) is 13.2 Å². The summed E-state index contributed by atoms with van der Waals surface area (Å²) in [4.78, 5) is 17.1. The molecule has 1 unspecified atom stereocenters. The van der Waals surface area contributed by atoms with Crippen LogP contribution in [0.25, 0.3) is 0 Å². The Morgan fingerprint density at radius 3 is 2.58 bits per heavy atom. The summed E-state index contributed by atoms with van der Waals surface area (Å²) < 4.78 is 5.26. The van der Waals surface area contributed by atoms with Crippen LogP contribution in [0.5, 0.6) is 5.75 Å². The lowest BCUT2D eigenvalue weighted by Gasteiger charge is -2.28. The number of pyridine rings is 1. The molecule has 3 rings (SSSR count). The zero-order chi connectivity index (χ0) is 18.5.